The molecule has 8 heteroatoms. The standard InChI is InChI=1S/C18H14FN3O3S/c1-26-18-21-10-15(22(18)13-6-4-12(19)5-7-13)17(24)25-14-8-2-11(3-9-14)16(20)23/h2-10H,1H3,(H2,20,23). The lowest BCUT2D eigenvalue weighted by atomic mass is 10.2. The number of nitrogens with two attached hydrogens (primary N) is 1. The maximum atomic E-state index is 13.2. The maximum absolute atomic E-state index is 13.2. The first-order chi connectivity index (χ1) is 12.5. The van der Waals surface area contributed by atoms with Crippen molar-refractivity contribution in [2.45, 2.75) is 5.16 Å². The second-order valence-corrected chi connectivity index (χ2v) is 5.99. The van der Waals surface area contributed by atoms with Gasteiger partial charge < -0.3 is 10.5 Å². The Kier molecular flexibility index (Phi) is 5.04. The molecule has 1 heterocycles. The minimum Gasteiger partial charge on any atom is -0.422 e. The van der Waals surface area contributed by atoms with Crippen LogP contribution in [-0.4, -0.2) is 27.7 Å². The lowest BCUT2D eigenvalue weighted by Gasteiger charge is -2.11. The number of carbonyl (C=O) groups excluding carboxylic acids is 2. The van der Waals surface area contributed by atoms with Crippen LogP contribution in [-0.2, 0) is 0 Å². The van der Waals surface area contributed by atoms with Gasteiger partial charge >= 0.3 is 5.97 Å². The Balaban J connectivity index is 1.91. The van der Waals surface area contributed by atoms with E-state index < -0.39 is 11.9 Å². The number of thioether (sulfide) groups is 1. The molecule has 3 aromatic rings. The number of hydrogen-bond acceptors (Lipinski definition) is 5. The van der Waals surface area contributed by atoms with E-state index in [9.17, 15) is 14.0 Å². The van der Waals surface area contributed by atoms with E-state index in [1.54, 1.807) is 16.7 Å². The molecular formula is C18H14FN3O3S. The largest absolute Gasteiger partial charge is 0.422 e. The van der Waals surface area contributed by atoms with Gasteiger partial charge in [0.25, 0.3) is 0 Å². The highest BCUT2D eigenvalue weighted by atomic mass is 32.2. The molecule has 2 aromatic carbocycles. The van der Waals surface area contributed by atoms with Gasteiger partial charge in [-0.25, -0.2) is 14.2 Å². The number of nitrogens with zero attached hydrogens (tertiary/aromatic N) is 2. The summed E-state index contributed by atoms with van der Waals surface area (Å²) in [5.74, 6) is -1.31. The molecule has 1 amide bonds. The monoisotopic (exact) mass is 371 g/mol. The number of carbonyl (C=O) groups is 2. The van der Waals surface area contributed by atoms with Gasteiger partial charge in [-0.3, -0.25) is 9.36 Å². The van der Waals surface area contributed by atoms with Gasteiger partial charge in [-0.1, -0.05) is 11.8 Å². The van der Waals surface area contributed by atoms with Gasteiger partial charge in [0.15, 0.2) is 10.9 Å². The molecule has 2 N–H and O–H groups in total. The second kappa shape index (κ2) is 7.40. The molecule has 0 atom stereocenters. The van der Waals surface area contributed by atoms with Crippen LogP contribution < -0.4 is 10.5 Å². The first-order valence-electron chi connectivity index (χ1n) is 7.49. The third kappa shape index (κ3) is 3.60. The summed E-state index contributed by atoms with van der Waals surface area (Å²) in [4.78, 5) is 27.9. The van der Waals surface area contributed by atoms with Gasteiger partial charge in [0.05, 0.1) is 6.20 Å². The van der Waals surface area contributed by atoms with Crippen LogP contribution in [0.3, 0.4) is 0 Å². The molecule has 0 unspecified atom stereocenters. The number of imidazole rings is 1. The lowest BCUT2D eigenvalue weighted by Crippen LogP contribution is -2.15. The van der Waals surface area contributed by atoms with E-state index in [0.717, 1.165) is 0 Å². The molecule has 26 heavy (non-hydrogen) atoms. The predicted molar refractivity (Wildman–Crippen MR) is 95.2 cm³/mol. The summed E-state index contributed by atoms with van der Waals surface area (Å²) in [7, 11) is 0. The van der Waals surface area contributed by atoms with Crippen LogP contribution in [0.5, 0.6) is 5.75 Å². The van der Waals surface area contributed by atoms with Crippen molar-refractivity contribution in [1.29, 1.82) is 0 Å². The molecule has 0 aliphatic rings. The van der Waals surface area contributed by atoms with Gasteiger partial charge in [0, 0.05) is 11.3 Å². The number of ether oxygens (including phenoxy) is 1. The van der Waals surface area contributed by atoms with Crippen LogP contribution in [0.4, 0.5) is 4.39 Å². The molecule has 0 spiro atoms. The fourth-order valence-electron chi connectivity index (χ4n) is 2.31. The number of rotatable bonds is 5. The minimum absolute atomic E-state index is 0.194. The summed E-state index contributed by atoms with van der Waals surface area (Å²) >= 11 is 1.34. The van der Waals surface area contributed by atoms with E-state index in [1.165, 1.54) is 54.4 Å². The number of amides is 1. The fourth-order valence-corrected chi connectivity index (χ4v) is 2.85. The first-order valence-corrected chi connectivity index (χ1v) is 8.72. The van der Waals surface area contributed by atoms with Gasteiger partial charge in [0.2, 0.25) is 5.91 Å². The summed E-state index contributed by atoms with van der Waals surface area (Å²) in [6.45, 7) is 0. The van der Waals surface area contributed by atoms with Crippen molar-refractivity contribution < 1.29 is 18.7 Å². The normalized spacial score (nSPS) is 10.5. The van der Waals surface area contributed by atoms with Crippen LogP contribution in [0.1, 0.15) is 20.8 Å². The summed E-state index contributed by atoms with van der Waals surface area (Å²) < 4.78 is 20.1. The number of primary amides is 1. The Morgan fingerprint density at radius 1 is 1.12 bits per heavy atom. The molecule has 0 bridgehead atoms. The van der Waals surface area contributed by atoms with Crippen molar-refractivity contribution in [3.05, 3.63) is 71.8 Å². The topological polar surface area (TPSA) is 87.2 Å². The quantitative estimate of drug-likeness (QED) is 0.423. The van der Waals surface area contributed by atoms with Gasteiger partial charge in [0.1, 0.15) is 11.6 Å². The lowest BCUT2D eigenvalue weighted by molar-refractivity contribution is 0.0725. The molecule has 0 fully saturated rings. The molecule has 0 aliphatic heterocycles. The number of hydrogen-bond donors (Lipinski definition) is 1. The Morgan fingerprint density at radius 2 is 1.77 bits per heavy atom. The number of halogens is 1. The van der Waals surface area contributed by atoms with E-state index in [4.69, 9.17) is 10.5 Å². The van der Waals surface area contributed by atoms with E-state index in [2.05, 4.69) is 4.98 Å². The Morgan fingerprint density at radius 3 is 2.35 bits per heavy atom. The summed E-state index contributed by atoms with van der Waals surface area (Å²) in [6.07, 6.45) is 3.22. The molecule has 1 aromatic heterocycles. The van der Waals surface area contributed by atoms with Gasteiger partial charge in [-0.15, -0.1) is 0 Å². The third-order valence-corrected chi connectivity index (χ3v) is 4.21. The predicted octanol–water partition coefficient (Wildman–Crippen LogP) is 3.05. The van der Waals surface area contributed by atoms with Crippen molar-refractivity contribution in [2.24, 2.45) is 5.73 Å². The molecule has 3 rings (SSSR count). The zero-order chi connectivity index (χ0) is 18.7. The number of benzene rings is 2. The van der Waals surface area contributed by atoms with Crippen LogP contribution in [0.2, 0.25) is 0 Å². The van der Waals surface area contributed by atoms with Crippen molar-refractivity contribution in [3.8, 4) is 11.4 Å². The summed E-state index contributed by atoms with van der Waals surface area (Å²) in [6, 6.07) is 11.6. The Bertz CT molecular complexity index is 953. The summed E-state index contributed by atoms with van der Waals surface area (Å²) in [5.41, 5.74) is 6.27. The van der Waals surface area contributed by atoms with Crippen LogP contribution in [0, 0.1) is 5.82 Å². The van der Waals surface area contributed by atoms with E-state index in [0.29, 0.717) is 16.4 Å². The van der Waals surface area contributed by atoms with E-state index in [1.807, 2.05) is 6.26 Å². The smallest absolute Gasteiger partial charge is 0.362 e. The number of esters is 1. The SMILES string of the molecule is CSc1ncc(C(=O)Oc2ccc(C(N)=O)cc2)n1-c1ccc(F)cc1. The molecule has 132 valence electrons. The van der Waals surface area contributed by atoms with Crippen LogP contribution in [0.15, 0.2) is 59.9 Å². The second-order valence-electron chi connectivity index (χ2n) is 5.22. The molecule has 0 radical (unpaired) electrons. The molecule has 0 saturated heterocycles. The van der Waals surface area contributed by atoms with Crippen LogP contribution >= 0.6 is 11.8 Å². The molecule has 0 saturated carbocycles. The van der Waals surface area contributed by atoms with Crippen molar-refractivity contribution in [2.75, 3.05) is 6.26 Å². The van der Waals surface area contributed by atoms with E-state index in [-0.39, 0.29) is 17.3 Å². The maximum Gasteiger partial charge on any atom is 0.362 e. The minimum atomic E-state index is -0.631. The fraction of sp³-hybridized carbons (Fsp3) is 0.0556. The van der Waals surface area contributed by atoms with E-state index >= 15 is 0 Å². The Labute approximate surface area is 152 Å². The third-order valence-electron chi connectivity index (χ3n) is 3.56. The van der Waals surface area contributed by atoms with Crippen molar-refractivity contribution in [3.63, 3.8) is 0 Å². The summed E-state index contributed by atoms with van der Waals surface area (Å²) in [5, 5.41) is 0.563. The molecule has 0 aliphatic carbocycles. The molecule has 6 nitrogen and oxygen atoms in total. The average molecular weight is 371 g/mol. The van der Waals surface area contributed by atoms with Crippen LogP contribution in [0.25, 0.3) is 5.69 Å². The Hall–Kier alpha value is -3.13. The highest BCUT2D eigenvalue weighted by molar-refractivity contribution is 7.98. The first kappa shape index (κ1) is 17.7. The van der Waals surface area contributed by atoms with Gasteiger partial charge in [-0.05, 0) is 54.8 Å². The zero-order valence-electron chi connectivity index (χ0n) is 13.7. The number of aromatic nitrogens is 2. The van der Waals surface area contributed by atoms with Crippen molar-refractivity contribution >= 4 is 23.6 Å². The molecular weight excluding hydrogens is 357 g/mol. The van der Waals surface area contributed by atoms with Gasteiger partial charge in [-0.2, -0.15) is 0 Å². The highest BCUT2D eigenvalue weighted by Crippen LogP contribution is 2.23. The highest BCUT2D eigenvalue weighted by Gasteiger charge is 2.20. The van der Waals surface area contributed by atoms with Crippen molar-refractivity contribution in [1.82, 2.24) is 9.55 Å². The average Bonchev–Trinajstić information content (AvgIpc) is 3.07. The zero-order valence-corrected chi connectivity index (χ0v) is 14.5.